The Morgan fingerprint density at radius 3 is 2.16 bits per heavy atom. The van der Waals surface area contributed by atoms with Crippen molar-refractivity contribution in [2.24, 2.45) is 0 Å². The first-order valence-electron chi connectivity index (χ1n) is 8.51. The third-order valence-corrected chi connectivity index (χ3v) is 5.82. The van der Waals surface area contributed by atoms with Crippen LogP contribution in [0.1, 0.15) is 35.7 Å². The number of anilines is 1. The number of benzene rings is 2. The topological polar surface area (TPSA) is 66.5 Å². The lowest BCUT2D eigenvalue weighted by Gasteiger charge is -2.15. The summed E-state index contributed by atoms with van der Waals surface area (Å²) < 4.78 is 27.5. The van der Waals surface area contributed by atoms with Crippen LogP contribution in [0.5, 0.6) is 0 Å². The van der Waals surface area contributed by atoms with Gasteiger partial charge in [0, 0.05) is 24.3 Å². The smallest absolute Gasteiger partial charge is 0.261 e. The van der Waals surface area contributed by atoms with Crippen molar-refractivity contribution < 1.29 is 13.2 Å². The van der Waals surface area contributed by atoms with Crippen molar-refractivity contribution in [2.45, 2.75) is 31.1 Å². The van der Waals surface area contributed by atoms with Crippen molar-refractivity contribution in [3.8, 4) is 0 Å². The first kappa shape index (κ1) is 17.5. The highest BCUT2D eigenvalue weighted by Gasteiger charge is 2.20. The van der Waals surface area contributed by atoms with E-state index in [9.17, 15) is 13.2 Å². The Labute approximate surface area is 148 Å². The van der Waals surface area contributed by atoms with E-state index in [0.717, 1.165) is 37.9 Å². The monoisotopic (exact) mass is 358 g/mol. The fraction of sp³-hybridized carbons (Fsp3) is 0.316. The third kappa shape index (κ3) is 4.02. The number of rotatable bonds is 5. The van der Waals surface area contributed by atoms with Gasteiger partial charge in [-0.1, -0.05) is 19.1 Å². The molecule has 0 saturated carbocycles. The number of likely N-dealkylation sites (tertiary alicyclic amines) is 1. The maximum absolute atomic E-state index is 12.5. The normalized spacial score (nSPS) is 14.5. The minimum absolute atomic E-state index is 0.0374. The van der Waals surface area contributed by atoms with Crippen molar-refractivity contribution >= 4 is 21.6 Å². The van der Waals surface area contributed by atoms with Crippen LogP contribution >= 0.6 is 0 Å². The average molecular weight is 358 g/mol. The predicted octanol–water partition coefficient (Wildman–Crippen LogP) is 3.29. The van der Waals surface area contributed by atoms with Gasteiger partial charge in [-0.05, 0) is 61.2 Å². The molecule has 1 N–H and O–H groups in total. The minimum atomic E-state index is -3.67. The van der Waals surface area contributed by atoms with Crippen molar-refractivity contribution in [1.29, 1.82) is 0 Å². The lowest BCUT2D eigenvalue weighted by Crippen LogP contribution is -2.27. The molecule has 0 unspecified atom stereocenters. The molecule has 6 heteroatoms. The number of carbonyl (C=O) groups excluding carboxylic acids is 1. The quantitative estimate of drug-likeness (QED) is 0.892. The lowest BCUT2D eigenvalue weighted by molar-refractivity contribution is 0.0792. The summed E-state index contributed by atoms with van der Waals surface area (Å²) in [6, 6.07) is 13.4. The average Bonchev–Trinajstić information content (AvgIpc) is 3.16. The Bertz CT molecular complexity index is 837. The van der Waals surface area contributed by atoms with Gasteiger partial charge in [0.15, 0.2) is 0 Å². The van der Waals surface area contributed by atoms with Crippen LogP contribution in [0, 0.1) is 0 Å². The SMILES string of the molecule is CCc1ccc(NS(=O)(=O)c2ccc(C(=O)N3CCCC3)cc2)cc1. The summed E-state index contributed by atoms with van der Waals surface area (Å²) in [6.45, 7) is 3.59. The summed E-state index contributed by atoms with van der Waals surface area (Å²) in [6.07, 6.45) is 2.96. The second-order valence-electron chi connectivity index (χ2n) is 6.18. The van der Waals surface area contributed by atoms with Gasteiger partial charge in [-0.2, -0.15) is 0 Å². The van der Waals surface area contributed by atoms with Crippen LogP contribution in [0.3, 0.4) is 0 Å². The van der Waals surface area contributed by atoms with E-state index in [1.165, 1.54) is 12.1 Å². The summed E-state index contributed by atoms with van der Waals surface area (Å²) in [5.74, 6) is -0.0374. The van der Waals surface area contributed by atoms with E-state index in [1.807, 2.05) is 19.1 Å². The molecule has 1 saturated heterocycles. The Morgan fingerprint density at radius 2 is 1.60 bits per heavy atom. The molecule has 1 amide bonds. The molecule has 0 atom stereocenters. The number of nitrogens with zero attached hydrogens (tertiary/aromatic N) is 1. The van der Waals surface area contributed by atoms with Crippen molar-refractivity contribution in [1.82, 2.24) is 4.90 Å². The molecule has 3 rings (SSSR count). The largest absolute Gasteiger partial charge is 0.339 e. The Balaban J connectivity index is 1.74. The number of aryl methyl sites for hydroxylation is 1. The van der Waals surface area contributed by atoms with Gasteiger partial charge in [0.2, 0.25) is 0 Å². The standard InChI is InChI=1S/C19H22N2O3S/c1-2-15-5-9-17(10-6-15)20-25(23,24)18-11-7-16(8-12-18)19(22)21-13-3-4-14-21/h5-12,20H,2-4,13-14H2,1H3. The molecule has 2 aromatic rings. The molecule has 0 aliphatic carbocycles. The number of hydrogen-bond acceptors (Lipinski definition) is 3. The fourth-order valence-electron chi connectivity index (χ4n) is 2.90. The first-order valence-corrected chi connectivity index (χ1v) is 9.99. The summed E-state index contributed by atoms with van der Waals surface area (Å²) in [4.78, 5) is 14.3. The molecule has 25 heavy (non-hydrogen) atoms. The Kier molecular flexibility index (Phi) is 5.08. The third-order valence-electron chi connectivity index (χ3n) is 4.42. The van der Waals surface area contributed by atoms with Gasteiger partial charge in [-0.25, -0.2) is 8.42 Å². The molecule has 132 valence electrons. The maximum atomic E-state index is 12.5. The van der Waals surface area contributed by atoms with Gasteiger partial charge in [-0.15, -0.1) is 0 Å². The number of nitrogens with one attached hydrogen (secondary N) is 1. The Hall–Kier alpha value is -2.34. The van der Waals surface area contributed by atoms with E-state index < -0.39 is 10.0 Å². The van der Waals surface area contributed by atoms with E-state index in [0.29, 0.717) is 11.3 Å². The molecular formula is C19H22N2O3S. The van der Waals surface area contributed by atoms with Gasteiger partial charge in [0.05, 0.1) is 4.90 Å². The summed E-state index contributed by atoms with van der Waals surface area (Å²) in [7, 11) is -3.67. The first-order chi connectivity index (χ1) is 12.0. The van der Waals surface area contributed by atoms with Crippen molar-refractivity contribution in [3.63, 3.8) is 0 Å². The highest BCUT2D eigenvalue weighted by molar-refractivity contribution is 7.92. The maximum Gasteiger partial charge on any atom is 0.261 e. The molecule has 0 spiro atoms. The molecule has 0 bridgehead atoms. The van der Waals surface area contributed by atoms with Gasteiger partial charge < -0.3 is 4.90 Å². The molecular weight excluding hydrogens is 336 g/mol. The Morgan fingerprint density at radius 1 is 1.00 bits per heavy atom. The van der Waals surface area contributed by atoms with Crippen LogP contribution in [-0.2, 0) is 16.4 Å². The van der Waals surface area contributed by atoms with Crippen LogP contribution in [0.4, 0.5) is 5.69 Å². The van der Waals surface area contributed by atoms with Gasteiger partial charge >= 0.3 is 0 Å². The zero-order chi connectivity index (χ0) is 17.9. The van der Waals surface area contributed by atoms with Gasteiger partial charge in [0.1, 0.15) is 0 Å². The molecule has 0 aromatic heterocycles. The van der Waals surface area contributed by atoms with E-state index in [1.54, 1.807) is 29.2 Å². The number of hydrogen-bond donors (Lipinski definition) is 1. The second kappa shape index (κ2) is 7.27. The number of sulfonamides is 1. The van der Waals surface area contributed by atoms with Gasteiger partial charge in [-0.3, -0.25) is 9.52 Å². The van der Waals surface area contributed by atoms with Crippen LogP contribution in [-0.4, -0.2) is 32.3 Å². The summed E-state index contributed by atoms with van der Waals surface area (Å²) in [5.41, 5.74) is 2.19. The lowest BCUT2D eigenvalue weighted by atomic mass is 10.2. The highest BCUT2D eigenvalue weighted by Crippen LogP contribution is 2.19. The zero-order valence-corrected chi connectivity index (χ0v) is 15.1. The van der Waals surface area contributed by atoms with E-state index >= 15 is 0 Å². The van der Waals surface area contributed by atoms with Crippen molar-refractivity contribution in [2.75, 3.05) is 17.8 Å². The highest BCUT2D eigenvalue weighted by atomic mass is 32.2. The van der Waals surface area contributed by atoms with Gasteiger partial charge in [0.25, 0.3) is 15.9 Å². The van der Waals surface area contributed by atoms with Crippen LogP contribution in [0.25, 0.3) is 0 Å². The van der Waals surface area contributed by atoms with E-state index in [4.69, 9.17) is 0 Å². The van der Waals surface area contributed by atoms with Crippen LogP contribution in [0.2, 0.25) is 0 Å². The fourth-order valence-corrected chi connectivity index (χ4v) is 3.96. The summed E-state index contributed by atoms with van der Waals surface area (Å²) in [5, 5.41) is 0. The van der Waals surface area contributed by atoms with Crippen LogP contribution < -0.4 is 4.72 Å². The molecule has 1 heterocycles. The summed E-state index contributed by atoms with van der Waals surface area (Å²) >= 11 is 0. The van der Waals surface area contributed by atoms with E-state index in [2.05, 4.69) is 4.72 Å². The zero-order valence-electron chi connectivity index (χ0n) is 14.2. The van der Waals surface area contributed by atoms with E-state index in [-0.39, 0.29) is 10.8 Å². The molecule has 1 fully saturated rings. The molecule has 2 aromatic carbocycles. The molecule has 5 nitrogen and oxygen atoms in total. The molecule has 1 aliphatic heterocycles. The minimum Gasteiger partial charge on any atom is -0.339 e. The number of amides is 1. The van der Waals surface area contributed by atoms with Crippen molar-refractivity contribution in [3.05, 3.63) is 59.7 Å². The van der Waals surface area contributed by atoms with Crippen LogP contribution in [0.15, 0.2) is 53.4 Å². The molecule has 1 aliphatic rings. The second-order valence-corrected chi connectivity index (χ2v) is 7.86. The predicted molar refractivity (Wildman–Crippen MR) is 98.2 cm³/mol. The number of carbonyl (C=O) groups is 1. The molecule has 0 radical (unpaired) electrons.